The molecule has 0 unspecified atom stereocenters. The van der Waals surface area contributed by atoms with E-state index in [1.807, 2.05) is 5.51 Å². The van der Waals surface area contributed by atoms with Crippen LogP contribution < -0.4 is 11.1 Å². The van der Waals surface area contributed by atoms with Crippen LogP contribution in [0.2, 0.25) is 0 Å². The normalized spacial score (nSPS) is 18.4. The number of hydrogen-bond donors (Lipinski definition) is 2. The van der Waals surface area contributed by atoms with E-state index in [0.29, 0.717) is 5.41 Å². The van der Waals surface area contributed by atoms with Gasteiger partial charge < -0.3 is 11.1 Å². The van der Waals surface area contributed by atoms with Gasteiger partial charge in [-0.2, -0.15) is 0 Å². The molecule has 1 aromatic heterocycles. The summed E-state index contributed by atoms with van der Waals surface area (Å²) in [5.74, 6) is 0. The number of nitrogens with zero attached hydrogens (tertiary/aromatic N) is 1. The van der Waals surface area contributed by atoms with Gasteiger partial charge in [-0.1, -0.05) is 0 Å². The predicted octanol–water partition coefficient (Wildman–Crippen LogP) is 1.28. The molecule has 78 valence electrons. The molecule has 0 saturated heterocycles. The lowest BCUT2D eigenvalue weighted by Gasteiger charge is -2.12. The third-order valence-corrected chi connectivity index (χ3v) is 3.96. The van der Waals surface area contributed by atoms with Crippen molar-refractivity contribution in [3.63, 3.8) is 0 Å². The maximum absolute atomic E-state index is 5.71. The lowest BCUT2D eigenvalue weighted by atomic mass is 10.1. The van der Waals surface area contributed by atoms with E-state index in [2.05, 4.69) is 17.2 Å². The van der Waals surface area contributed by atoms with Crippen LogP contribution in [0.3, 0.4) is 0 Å². The fourth-order valence-corrected chi connectivity index (χ4v) is 2.31. The number of aryl methyl sites for hydroxylation is 1. The standard InChI is InChI=1S/C10H17N3S/c1-8-9(14-7-13-8)4-12-6-10(5-11)2-3-10/h7,12H,2-6,11H2,1H3. The highest BCUT2D eigenvalue weighted by molar-refractivity contribution is 7.09. The molecule has 1 saturated carbocycles. The average Bonchev–Trinajstić information content (AvgIpc) is 2.86. The zero-order valence-electron chi connectivity index (χ0n) is 8.55. The van der Waals surface area contributed by atoms with Gasteiger partial charge in [0.05, 0.1) is 11.2 Å². The van der Waals surface area contributed by atoms with E-state index in [1.165, 1.54) is 17.7 Å². The van der Waals surface area contributed by atoms with Crippen LogP contribution in [0, 0.1) is 12.3 Å². The van der Waals surface area contributed by atoms with Gasteiger partial charge in [-0.15, -0.1) is 11.3 Å². The molecule has 4 heteroatoms. The summed E-state index contributed by atoms with van der Waals surface area (Å²) in [6.45, 7) is 4.88. The molecular formula is C10H17N3S. The Morgan fingerprint density at radius 1 is 1.64 bits per heavy atom. The monoisotopic (exact) mass is 211 g/mol. The van der Waals surface area contributed by atoms with Crippen molar-refractivity contribution in [1.29, 1.82) is 0 Å². The molecule has 2 rings (SSSR count). The third-order valence-electron chi connectivity index (χ3n) is 3.02. The highest BCUT2D eigenvalue weighted by atomic mass is 32.1. The van der Waals surface area contributed by atoms with E-state index in [4.69, 9.17) is 5.73 Å². The van der Waals surface area contributed by atoms with Crippen molar-refractivity contribution in [1.82, 2.24) is 10.3 Å². The second-order valence-corrected chi connectivity index (χ2v) is 5.11. The fourth-order valence-electron chi connectivity index (χ4n) is 1.57. The summed E-state index contributed by atoms with van der Waals surface area (Å²) in [6.07, 6.45) is 2.58. The van der Waals surface area contributed by atoms with Gasteiger partial charge in [-0.25, -0.2) is 4.98 Å². The maximum Gasteiger partial charge on any atom is 0.0798 e. The quantitative estimate of drug-likeness (QED) is 0.771. The SMILES string of the molecule is Cc1ncsc1CNCC1(CN)CC1. The molecule has 1 heterocycles. The van der Waals surface area contributed by atoms with Crippen LogP contribution in [0.25, 0.3) is 0 Å². The van der Waals surface area contributed by atoms with E-state index in [-0.39, 0.29) is 0 Å². The smallest absolute Gasteiger partial charge is 0.0798 e. The van der Waals surface area contributed by atoms with E-state index < -0.39 is 0 Å². The molecule has 3 N–H and O–H groups in total. The zero-order chi connectivity index (χ0) is 10.0. The van der Waals surface area contributed by atoms with E-state index in [9.17, 15) is 0 Å². The molecule has 1 aromatic rings. The summed E-state index contributed by atoms with van der Waals surface area (Å²) in [4.78, 5) is 5.57. The number of nitrogens with two attached hydrogens (primary N) is 1. The molecule has 0 aliphatic heterocycles. The van der Waals surface area contributed by atoms with Crippen molar-refractivity contribution < 1.29 is 0 Å². The first-order valence-electron chi connectivity index (χ1n) is 5.05. The lowest BCUT2D eigenvalue weighted by molar-refractivity contribution is 0.468. The van der Waals surface area contributed by atoms with Crippen molar-refractivity contribution in [2.75, 3.05) is 13.1 Å². The Kier molecular flexibility index (Phi) is 2.85. The second kappa shape index (κ2) is 3.96. The summed E-state index contributed by atoms with van der Waals surface area (Å²) in [7, 11) is 0. The van der Waals surface area contributed by atoms with Crippen molar-refractivity contribution >= 4 is 11.3 Å². The van der Waals surface area contributed by atoms with Gasteiger partial charge in [0.2, 0.25) is 0 Å². The highest BCUT2D eigenvalue weighted by Crippen LogP contribution is 2.43. The number of rotatable bonds is 5. The van der Waals surface area contributed by atoms with Crippen LogP contribution in [-0.2, 0) is 6.54 Å². The molecule has 0 spiro atoms. The third kappa shape index (κ3) is 2.13. The molecule has 0 radical (unpaired) electrons. The van der Waals surface area contributed by atoms with E-state index >= 15 is 0 Å². The minimum Gasteiger partial charge on any atom is -0.330 e. The molecule has 0 bridgehead atoms. The Bertz CT molecular complexity index is 304. The van der Waals surface area contributed by atoms with Crippen molar-refractivity contribution in [2.45, 2.75) is 26.3 Å². The Balaban J connectivity index is 1.76. The van der Waals surface area contributed by atoms with Gasteiger partial charge in [0.15, 0.2) is 0 Å². The molecule has 0 amide bonds. The number of aromatic nitrogens is 1. The van der Waals surface area contributed by atoms with Crippen LogP contribution in [0.15, 0.2) is 5.51 Å². The van der Waals surface area contributed by atoms with Gasteiger partial charge in [0.25, 0.3) is 0 Å². The van der Waals surface area contributed by atoms with Gasteiger partial charge >= 0.3 is 0 Å². The largest absolute Gasteiger partial charge is 0.330 e. The first-order chi connectivity index (χ1) is 6.76. The van der Waals surface area contributed by atoms with E-state index in [1.54, 1.807) is 11.3 Å². The van der Waals surface area contributed by atoms with Gasteiger partial charge in [0.1, 0.15) is 0 Å². The summed E-state index contributed by atoms with van der Waals surface area (Å²) < 4.78 is 0. The van der Waals surface area contributed by atoms with Crippen LogP contribution in [0.5, 0.6) is 0 Å². The molecule has 0 atom stereocenters. The van der Waals surface area contributed by atoms with Gasteiger partial charge in [-0.3, -0.25) is 0 Å². The average molecular weight is 211 g/mol. The molecular weight excluding hydrogens is 194 g/mol. The van der Waals surface area contributed by atoms with Gasteiger partial charge in [-0.05, 0) is 31.7 Å². The molecule has 1 aliphatic carbocycles. The van der Waals surface area contributed by atoms with Crippen molar-refractivity contribution in [3.05, 3.63) is 16.1 Å². The number of nitrogens with one attached hydrogen (secondary N) is 1. The summed E-state index contributed by atoms with van der Waals surface area (Å²) in [5, 5.41) is 3.47. The number of hydrogen-bond acceptors (Lipinski definition) is 4. The van der Waals surface area contributed by atoms with Crippen LogP contribution in [0.1, 0.15) is 23.4 Å². The van der Waals surface area contributed by atoms with Gasteiger partial charge in [0, 0.05) is 18.0 Å². The Hall–Kier alpha value is -0.450. The molecule has 14 heavy (non-hydrogen) atoms. The minimum atomic E-state index is 0.429. The Labute approximate surface area is 88.7 Å². The van der Waals surface area contributed by atoms with Crippen molar-refractivity contribution in [2.24, 2.45) is 11.1 Å². The summed E-state index contributed by atoms with van der Waals surface area (Å²) >= 11 is 1.72. The molecule has 1 fully saturated rings. The molecule has 1 aliphatic rings. The Morgan fingerprint density at radius 2 is 2.43 bits per heavy atom. The predicted molar refractivity (Wildman–Crippen MR) is 59.3 cm³/mol. The Morgan fingerprint density at radius 3 is 2.93 bits per heavy atom. The number of thiazole rings is 1. The van der Waals surface area contributed by atoms with Crippen molar-refractivity contribution in [3.8, 4) is 0 Å². The molecule has 3 nitrogen and oxygen atoms in total. The lowest BCUT2D eigenvalue weighted by Crippen LogP contribution is -2.29. The van der Waals surface area contributed by atoms with Crippen LogP contribution in [0.4, 0.5) is 0 Å². The minimum absolute atomic E-state index is 0.429. The van der Waals surface area contributed by atoms with Crippen LogP contribution >= 0.6 is 11.3 Å². The maximum atomic E-state index is 5.71. The first kappa shape index (κ1) is 10.1. The highest BCUT2D eigenvalue weighted by Gasteiger charge is 2.40. The topological polar surface area (TPSA) is 50.9 Å². The van der Waals surface area contributed by atoms with E-state index in [0.717, 1.165) is 25.3 Å². The van der Waals surface area contributed by atoms with Crippen LogP contribution in [-0.4, -0.2) is 18.1 Å². The molecule has 0 aromatic carbocycles. The summed E-state index contributed by atoms with van der Waals surface area (Å²) in [5.41, 5.74) is 9.20. The second-order valence-electron chi connectivity index (χ2n) is 4.17. The summed E-state index contributed by atoms with van der Waals surface area (Å²) in [6, 6.07) is 0. The zero-order valence-corrected chi connectivity index (χ0v) is 9.36. The first-order valence-corrected chi connectivity index (χ1v) is 5.93. The fraction of sp³-hybridized carbons (Fsp3) is 0.700.